The zero-order chi connectivity index (χ0) is 19.6. The summed E-state index contributed by atoms with van der Waals surface area (Å²) in [5.41, 5.74) is 1.65. The highest BCUT2D eigenvalue weighted by molar-refractivity contribution is 5.93. The summed E-state index contributed by atoms with van der Waals surface area (Å²) in [6, 6.07) is 10.3. The molecule has 4 rings (SSSR count). The van der Waals surface area contributed by atoms with E-state index in [0.29, 0.717) is 24.4 Å². The standard InChI is InChI=1S/C22H27N3O3/c1-17-20(23-16-28-17)21(27)25-12-5-10-22(15-25)11-8-19(26)24(14-22)13-9-18-6-3-2-4-7-18/h2-4,6-7,16H,5,8-15H2,1H3/t22-/m0/s1. The number of hydrogen-bond donors (Lipinski definition) is 0. The van der Waals surface area contributed by atoms with E-state index in [1.807, 2.05) is 28.0 Å². The van der Waals surface area contributed by atoms with E-state index < -0.39 is 0 Å². The van der Waals surface area contributed by atoms with Gasteiger partial charge in [-0.2, -0.15) is 0 Å². The number of aryl methyl sites for hydroxylation is 1. The fourth-order valence-corrected chi connectivity index (χ4v) is 4.59. The SMILES string of the molecule is Cc1ocnc1C(=O)N1CCC[C@@]2(CCC(=O)N(CCc3ccccc3)C2)C1. The molecule has 2 aromatic rings. The molecule has 2 fully saturated rings. The lowest BCUT2D eigenvalue weighted by molar-refractivity contribution is -0.138. The van der Waals surface area contributed by atoms with Gasteiger partial charge in [0.1, 0.15) is 5.76 Å². The number of piperidine rings is 2. The molecule has 0 radical (unpaired) electrons. The third kappa shape index (κ3) is 3.81. The lowest BCUT2D eigenvalue weighted by Crippen LogP contribution is -2.55. The van der Waals surface area contributed by atoms with Crippen molar-refractivity contribution in [3.05, 3.63) is 53.7 Å². The minimum Gasteiger partial charge on any atom is -0.448 e. The second-order valence-corrected chi connectivity index (χ2v) is 8.14. The van der Waals surface area contributed by atoms with Crippen LogP contribution in [0.5, 0.6) is 0 Å². The fourth-order valence-electron chi connectivity index (χ4n) is 4.59. The number of likely N-dealkylation sites (tertiary alicyclic amines) is 2. The van der Waals surface area contributed by atoms with E-state index in [-0.39, 0.29) is 17.2 Å². The molecular weight excluding hydrogens is 354 g/mol. The Bertz CT molecular complexity index is 848. The normalized spacial score (nSPS) is 22.7. The van der Waals surface area contributed by atoms with Crippen molar-refractivity contribution in [2.24, 2.45) is 5.41 Å². The van der Waals surface area contributed by atoms with Crippen LogP contribution in [0.15, 0.2) is 41.1 Å². The second kappa shape index (κ2) is 7.78. The van der Waals surface area contributed by atoms with Gasteiger partial charge in [0, 0.05) is 38.0 Å². The Morgan fingerprint density at radius 3 is 2.79 bits per heavy atom. The van der Waals surface area contributed by atoms with Crippen molar-refractivity contribution in [1.82, 2.24) is 14.8 Å². The lowest BCUT2D eigenvalue weighted by atomic mass is 9.73. The highest BCUT2D eigenvalue weighted by atomic mass is 16.3. The van der Waals surface area contributed by atoms with Gasteiger partial charge in [0.25, 0.3) is 5.91 Å². The summed E-state index contributed by atoms with van der Waals surface area (Å²) >= 11 is 0. The Labute approximate surface area is 165 Å². The number of nitrogens with zero attached hydrogens (tertiary/aromatic N) is 3. The third-order valence-electron chi connectivity index (χ3n) is 6.16. The minimum absolute atomic E-state index is 0.00382. The van der Waals surface area contributed by atoms with Gasteiger partial charge in [-0.15, -0.1) is 0 Å². The Morgan fingerprint density at radius 2 is 2.04 bits per heavy atom. The van der Waals surface area contributed by atoms with Gasteiger partial charge in [-0.25, -0.2) is 4.98 Å². The quantitative estimate of drug-likeness (QED) is 0.816. The second-order valence-electron chi connectivity index (χ2n) is 8.14. The molecule has 2 aliphatic heterocycles. The minimum atomic E-state index is -0.0574. The molecule has 28 heavy (non-hydrogen) atoms. The zero-order valence-corrected chi connectivity index (χ0v) is 16.4. The van der Waals surface area contributed by atoms with Crippen LogP contribution in [0.25, 0.3) is 0 Å². The summed E-state index contributed by atoms with van der Waals surface area (Å²) in [5.74, 6) is 0.739. The molecule has 0 unspecified atom stereocenters. The molecule has 6 nitrogen and oxygen atoms in total. The van der Waals surface area contributed by atoms with Crippen LogP contribution in [0.4, 0.5) is 0 Å². The van der Waals surface area contributed by atoms with Crippen LogP contribution in [0.3, 0.4) is 0 Å². The molecule has 0 aliphatic carbocycles. The van der Waals surface area contributed by atoms with Crippen molar-refractivity contribution in [2.45, 2.75) is 39.0 Å². The molecular formula is C22H27N3O3. The molecule has 2 aliphatic rings. The Hall–Kier alpha value is -2.63. The molecule has 1 spiro atoms. The van der Waals surface area contributed by atoms with E-state index in [4.69, 9.17) is 4.42 Å². The molecule has 0 bridgehead atoms. The van der Waals surface area contributed by atoms with Crippen LogP contribution in [-0.2, 0) is 11.2 Å². The molecule has 0 N–H and O–H groups in total. The van der Waals surface area contributed by atoms with E-state index in [2.05, 4.69) is 17.1 Å². The highest BCUT2D eigenvalue weighted by Gasteiger charge is 2.43. The predicted octanol–water partition coefficient (Wildman–Crippen LogP) is 3.07. The van der Waals surface area contributed by atoms with Crippen molar-refractivity contribution in [3.63, 3.8) is 0 Å². The molecule has 1 atom stereocenters. The zero-order valence-electron chi connectivity index (χ0n) is 16.4. The van der Waals surface area contributed by atoms with Crippen LogP contribution in [0.1, 0.15) is 47.5 Å². The van der Waals surface area contributed by atoms with Crippen molar-refractivity contribution in [2.75, 3.05) is 26.2 Å². The lowest BCUT2D eigenvalue weighted by Gasteiger charge is -2.48. The smallest absolute Gasteiger partial charge is 0.276 e. The molecule has 2 saturated heterocycles. The first-order chi connectivity index (χ1) is 13.6. The summed E-state index contributed by atoms with van der Waals surface area (Å²) in [6.45, 7) is 4.67. The fraction of sp³-hybridized carbons (Fsp3) is 0.500. The summed E-state index contributed by atoms with van der Waals surface area (Å²) < 4.78 is 5.21. The molecule has 6 heteroatoms. The molecule has 2 amide bonds. The summed E-state index contributed by atoms with van der Waals surface area (Å²) in [4.78, 5) is 33.4. The molecule has 0 saturated carbocycles. The molecule has 1 aromatic heterocycles. The van der Waals surface area contributed by atoms with E-state index in [9.17, 15) is 9.59 Å². The summed E-state index contributed by atoms with van der Waals surface area (Å²) in [5, 5.41) is 0. The largest absolute Gasteiger partial charge is 0.448 e. The number of amides is 2. The average Bonchev–Trinajstić information content (AvgIpc) is 3.15. The van der Waals surface area contributed by atoms with Gasteiger partial charge < -0.3 is 14.2 Å². The van der Waals surface area contributed by atoms with Crippen LogP contribution < -0.4 is 0 Å². The molecule has 148 valence electrons. The van der Waals surface area contributed by atoms with Crippen molar-refractivity contribution in [1.29, 1.82) is 0 Å². The number of rotatable bonds is 4. The van der Waals surface area contributed by atoms with E-state index in [0.717, 1.165) is 45.3 Å². The van der Waals surface area contributed by atoms with Gasteiger partial charge in [0.05, 0.1) is 0 Å². The maximum Gasteiger partial charge on any atom is 0.276 e. The number of oxazole rings is 1. The van der Waals surface area contributed by atoms with E-state index >= 15 is 0 Å². The topological polar surface area (TPSA) is 66.7 Å². The monoisotopic (exact) mass is 381 g/mol. The number of benzene rings is 1. The van der Waals surface area contributed by atoms with Gasteiger partial charge in [0.15, 0.2) is 12.1 Å². The van der Waals surface area contributed by atoms with Crippen LogP contribution >= 0.6 is 0 Å². The van der Waals surface area contributed by atoms with Gasteiger partial charge in [-0.05, 0) is 38.2 Å². The van der Waals surface area contributed by atoms with Crippen molar-refractivity contribution in [3.8, 4) is 0 Å². The van der Waals surface area contributed by atoms with Crippen molar-refractivity contribution >= 4 is 11.8 Å². The van der Waals surface area contributed by atoms with E-state index in [1.165, 1.54) is 12.0 Å². The Balaban J connectivity index is 1.43. The highest BCUT2D eigenvalue weighted by Crippen LogP contribution is 2.39. The summed E-state index contributed by atoms with van der Waals surface area (Å²) in [7, 11) is 0. The average molecular weight is 381 g/mol. The van der Waals surface area contributed by atoms with E-state index in [1.54, 1.807) is 6.92 Å². The van der Waals surface area contributed by atoms with Crippen LogP contribution in [-0.4, -0.2) is 52.8 Å². The van der Waals surface area contributed by atoms with Crippen molar-refractivity contribution < 1.29 is 14.0 Å². The number of hydrogen-bond acceptors (Lipinski definition) is 4. The Kier molecular flexibility index (Phi) is 5.20. The maximum absolute atomic E-state index is 12.9. The third-order valence-corrected chi connectivity index (χ3v) is 6.16. The molecule has 3 heterocycles. The first kappa shape index (κ1) is 18.7. The Morgan fingerprint density at radius 1 is 1.21 bits per heavy atom. The van der Waals surface area contributed by atoms with Gasteiger partial charge in [0.2, 0.25) is 5.91 Å². The van der Waals surface area contributed by atoms with Gasteiger partial charge >= 0.3 is 0 Å². The first-order valence-corrected chi connectivity index (χ1v) is 10.1. The maximum atomic E-state index is 12.9. The van der Waals surface area contributed by atoms with Crippen LogP contribution in [0.2, 0.25) is 0 Å². The van der Waals surface area contributed by atoms with Crippen LogP contribution in [0, 0.1) is 12.3 Å². The number of carbonyl (C=O) groups excluding carboxylic acids is 2. The molecule has 1 aromatic carbocycles. The number of aromatic nitrogens is 1. The predicted molar refractivity (Wildman–Crippen MR) is 105 cm³/mol. The summed E-state index contributed by atoms with van der Waals surface area (Å²) in [6.07, 6.45) is 5.64. The van der Waals surface area contributed by atoms with Gasteiger partial charge in [-0.1, -0.05) is 30.3 Å². The number of carbonyl (C=O) groups is 2. The van der Waals surface area contributed by atoms with Gasteiger partial charge in [-0.3, -0.25) is 9.59 Å². The first-order valence-electron chi connectivity index (χ1n) is 10.1.